The molecule has 0 atom stereocenters. The second kappa shape index (κ2) is 12.9. The maximum Gasteiger partial charge on any atom is 0.511 e. The molecule has 0 aromatic rings. The molecule has 0 saturated heterocycles. The SMILES string of the molecule is FC(F)(F)C(F)(F)C(F)(F)C(F)(F)C(F)(F)C(F)(F)C(F)(F)C(F)(F)C(F)(F)C(F)(F)C(F)(F)C(F)(F)C(F)(F)C(F)(F)C(F)(F)C(F)(F)C(F)(F)[Si](F)(Cl)Cl. The molecule has 0 rings (SSSR count). The Morgan fingerprint density at radius 2 is 0.304 bits per heavy atom. The van der Waals surface area contributed by atoms with Crippen molar-refractivity contribution in [2.45, 2.75) is 101 Å². The van der Waals surface area contributed by atoms with E-state index in [0.717, 1.165) is 0 Å². The van der Waals surface area contributed by atoms with Gasteiger partial charge in [-0.25, -0.2) is 0 Å². The highest BCUT2D eigenvalue weighted by molar-refractivity contribution is 7.43. The summed E-state index contributed by atoms with van der Waals surface area (Å²) in [6.45, 7) is 0. The molecular weight excluding hydrogens is 987 g/mol. The smallest absolute Gasteiger partial charge is 0.265 e. The van der Waals surface area contributed by atoms with E-state index in [4.69, 9.17) is 0 Å². The minimum absolute atomic E-state index is 3.68. The molecule has 0 aliphatic heterocycles. The van der Waals surface area contributed by atoms with Crippen LogP contribution in [0.5, 0.6) is 0 Å². The molecule has 0 heterocycles. The standard InChI is InChI=1S/C17Cl2F36Si/c18-56(19,55)17(53,54)15(48,49)13(44,45)11(40,41)9(36,37)7(32,33)5(28,29)3(24,25)1(20,21)2(22,23)4(26,27)6(30,31)8(34,35)10(38,39)12(42,43)14(46,47)16(50,51)52. The monoisotopic (exact) mass is 986 g/mol. The fourth-order valence-corrected chi connectivity index (χ4v) is 4.34. The van der Waals surface area contributed by atoms with Crippen LogP contribution in [0.25, 0.3) is 0 Å². The number of alkyl halides is 35. The molecule has 0 aliphatic carbocycles. The summed E-state index contributed by atoms with van der Waals surface area (Å²) in [5, 5.41) is 0. The van der Waals surface area contributed by atoms with Crippen LogP contribution in [0.4, 0.5) is 158 Å². The second-order valence-electron chi connectivity index (χ2n) is 10.2. The van der Waals surface area contributed by atoms with Gasteiger partial charge in [0.2, 0.25) is 0 Å². The van der Waals surface area contributed by atoms with E-state index < -0.39 is 108 Å². The zero-order valence-corrected chi connectivity index (χ0v) is 25.9. The third-order valence-corrected chi connectivity index (χ3v) is 9.08. The van der Waals surface area contributed by atoms with E-state index in [0.29, 0.717) is 0 Å². The Morgan fingerprint density at radius 3 is 0.411 bits per heavy atom. The topological polar surface area (TPSA) is 0 Å². The Kier molecular flexibility index (Phi) is 12.5. The Bertz CT molecular complexity index is 1340. The van der Waals surface area contributed by atoms with Gasteiger partial charge in [-0.15, -0.1) is 22.2 Å². The molecule has 0 radical (unpaired) electrons. The number of hydrogen-bond donors (Lipinski definition) is 0. The van der Waals surface area contributed by atoms with Crippen molar-refractivity contribution in [3.8, 4) is 0 Å². The van der Waals surface area contributed by atoms with Crippen molar-refractivity contribution in [1.29, 1.82) is 0 Å². The molecule has 0 bridgehead atoms. The Hall–Kier alpha value is -1.72. The Labute approximate surface area is 288 Å². The fraction of sp³-hybridized carbons (Fsp3) is 1.00. The van der Waals surface area contributed by atoms with Crippen molar-refractivity contribution in [1.82, 2.24) is 0 Å². The van der Waals surface area contributed by atoms with Gasteiger partial charge in [0.05, 0.1) is 0 Å². The first kappa shape index (κ1) is 54.3. The van der Waals surface area contributed by atoms with Gasteiger partial charge in [-0.3, -0.25) is 4.11 Å². The van der Waals surface area contributed by atoms with Gasteiger partial charge in [-0.2, -0.15) is 154 Å². The van der Waals surface area contributed by atoms with Gasteiger partial charge in [0, 0.05) is 0 Å². The van der Waals surface area contributed by atoms with Gasteiger partial charge in [-0.05, 0) is 0 Å². The molecule has 39 heteroatoms. The van der Waals surface area contributed by atoms with Crippen LogP contribution in [0.3, 0.4) is 0 Å². The predicted molar refractivity (Wildman–Crippen MR) is 104 cm³/mol. The number of hydrogen-bond acceptors (Lipinski definition) is 0. The van der Waals surface area contributed by atoms with E-state index in [2.05, 4.69) is 22.2 Å². The molecule has 0 aliphatic rings. The molecule has 0 amide bonds. The van der Waals surface area contributed by atoms with Crippen molar-refractivity contribution in [3.05, 3.63) is 0 Å². The summed E-state index contributed by atoms with van der Waals surface area (Å²) in [5.41, 5.74) is -7.99. The summed E-state index contributed by atoms with van der Waals surface area (Å²) in [6.07, 6.45) is -8.45. The van der Waals surface area contributed by atoms with Crippen molar-refractivity contribution in [2.75, 3.05) is 0 Å². The molecule has 0 spiro atoms. The van der Waals surface area contributed by atoms with Gasteiger partial charge in [0.15, 0.2) is 0 Å². The summed E-state index contributed by atoms with van der Waals surface area (Å²) in [4.78, 5) is 0. The third-order valence-electron chi connectivity index (χ3n) is 6.63. The van der Waals surface area contributed by atoms with E-state index in [1.807, 2.05) is 0 Å². The van der Waals surface area contributed by atoms with Crippen molar-refractivity contribution < 1.29 is 158 Å². The lowest BCUT2D eigenvalue weighted by Crippen LogP contribution is -2.80. The van der Waals surface area contributed by atoms with E-state index >= 15 is 0 Å². The van der Waals surface area contributed by atoms with Crippen LogP contribution in [-0.2, 0) is 0 Å². The average Bonchev–Trinajstić information content (AvgIpc) is 2.94. The fourth-order valence-electron chi connectivity index (χ4n) is 3.12. The first-order chi connectivity index (χ1) is 23.2. The Balaban J connectivity index is 7.85. The molecule has 56 heavy (non-hydrogen) atoms. The predicted octanol–water partition coefficient (Wildman–Crippen LogP) is 12.6. The van der Waals surface area contributed by atoms with Crippen LogP contribution in [-0.4, -0.2) is 108 Å². The van der Waals surface area contributed by atoms with Gasteiger partial charge in [-0.1, -0.05) is 0 Å². The molecule has 0 N–H and O–H groups in total. The van der Waals surface area contributed by atoms with Crippen LogP contribution in [0.1, 0.15) is 0 Å². The molecule has 0 aromatic carbocycles. The first-order valence-corrected chi connectivity index (χ1v) is 15.3. The van der Waals surface area contributed by atoms with Crippen LogP contribution < -0.4 is 0 Å². The molecule has 0 saturated carbocycles. The quantitative estimate of drug-likeness (QED) is 0.0821. The Morgan fingerprint density at radius 1 is 0.196 bits per heavy atom. The molecule has 0 unspecified atom stereocenters. The molecule has 0 fully saturated rings. The summed E-state index contributed by atoms with van der Waals surface area (Å²) >= 11 is 7.36. The summed E-state index contributed by atoms with van der Waals surface area (Å²) in [5.74, 6) is -149. The van der Waals surface area contributed by atoms with E-state index in [1.54, 1.807) is 0 Å². The maximum atomic E-state index is 13.9. The van der Waals surface area contributed by atoms with E-state index in [1.165, 1.54) is 0 Å². The first-order valence-electron chi connectivity index (χ1n) is 11.4. The van der Waals surface area contributed by atoms with Crippen molar-refractivity contribution in [2.24, 2.45) is 0 Å². The second-order valence-corrected chi connectivity index (χ2v) is 15.5. The highest BCUT2D eigenvalue weighted by atomic mass is 35.7. The zero-order chi connectivity index (χ0) is 47.0. The minimum Gasteiger partial charge on any atom is -0.265 e. The van der Waals surface area contributed by atoms with Gasteiger partial charge < -0.3 is 0 Å². The zero-order valence-electron chi connectivity index (χ0n) is 23.4. The van der Waals surface area contributed by atoms with Crippen LogP contribution in [0, 0.1) is 0 Å². The van der Waals surface area contributed by atoms with Crippen LogP contribution in [0.2, 0.25) is 0 Å². The molecule has 0 nitrogen and oxygen atoms in total. The van der Waals surface area contributed by atoms with Gasteiger partial charge >= 0.3 is 108 Å². The normalized spacial score (nSPS) is 17.5. The number of rotatable bonds is 16. The molecule has 0 aromatic heterocycles. The molecular formula is C17Cl2F36Si. The van der Waals surface area contributed by atoms with Gasteiger partial charge in [0.25, 0.3) is 0 Å². The summed E-state index contributed by atoms with van der Waals surface area (Å²) in [7, 11) is -8.21. The largest absolute Gasteiger partial charge is 0.511 e. The minimum atomic E-state index is -10.4. The summed E-state index contributed by atoms with van der Waals surface area (Å²) < 4.78 is 484. The van der Waals surface area contributed by atoms with Crippen molar-refractivity contribution >= 4 is 29.2 Å². The lowest BCUT2D eigenvalue weighted by Gasteiger charge is -2.47. The third kappa shape index (κ3) is 6.01. The lowest BCUT2D eigenvalue weighted by molar-refractivity contribution is -0.492. The highest BCUT2D eigenvalue weighted by Crippen LogP contribution is 2.70. The van der Waals surface area contributed by atoms with E-state index in [9.17, 15) is 158 Å². The van der Waals surface area contributed by atoms with E-state index in [-0.39, 0.29) is 0 Å². The van der Waals surface area contributed by atoms with Crippen LogP contribution >= 0.6 is 22.2 Å². The van der Waals surface area contributed by atoms with Gasteiger partial charge in [0.1, 0.15) is 0 Å². The molecule has 338 valence electrons. The van der Waals surface area contributed by atoms with Crippen LogP contribution in [0.15, 0.2) is 0 Å². The maximum absolute atomic E-state index is 13.9. The summed E-state index contributed by atoms with van der Waals surface area (Å²) in [6, 6.07) is 0. The highest BCUT2D eigenvalue weighted by Gasteiger charge is 3.02. The lowest BCUT2D eigenvalue weighted by atomic mass is 9.82. The average molecular weight is 987 g/mol. The number of halogens is 38. The van der Waals surface area contributed by atoms with Crippen molar-refractivity contribution in [3.63, 3.8) is 0 Å².